The van der Waals surface area contributed by atoms with Crippen LogP contribution in [0.3, 0.4) is 0 Å². The summed E-state index contributed by atoms with van der Waals surface area (Å²) in [6.45, 7) is 7.12. The molecule has 6 nitrogen and oxygen atoms in total. The number of carbonyl (C=O) groups is 1. The molecule has 2 N–H and O–H groups in total. The van der Waals surface area contributed by atoms with E-state index in [2.05, 4.69) is 20.5 Å². The van der Waals surface area contributed by atoms with E-state index < -0.39 is 0 Å². The zero-order chi connectivity index (χ0) is 12.7. The van der Waals surface area contributed by atoms with E-state index in [9.17, 15) is 4.79 Å². The van der Waals surface area contributed by atoms with Crippen LogP contribution in [0.2, 0.25) is 0 Å². The van der Waals surface area contributed by atoms with Crippen molar-refractivity contribution < 1.29 is 9.53 Å². The highest BCUT2D eigenvalue weighted by atomic mass is 16.5. The second-order valence-electron chi connectivity index (χ2n) is 4.13. The van der Waals surface area contributed by atoms with Gasteiger partial charge < -0.3 is 10.1 Å². The SMILES string of the molecule is Cc1nc(C(=O)NCCCCOC(C)C)n[nH]1. The maximum absolute atomic E-state index is 11.5. The Morgan fingerprint density at radius 1 is 1.47 bits per heavy atom. The Morgan fingerprint density at radius 2 is 2.24 bits per heavy atom. The van der Waals surface area contributed by atoms with Crippen molar-refractivity contribution in [3.05, 3.63) is 11.6 Å². The molecule has 0 aromatic carbocycles. The number of H-pyrrole nitrogens is 1. The van der Waals surface area contributed by atoms with Gasteiger partial charge in [-0.25, -0.2) is 4.98 Å². The van der Waals surface area contributed by atoms with Crippen molar-refractivity contribution >= 4 is 5.91 Å². The summed E-state index contributed by atoms with van der Waals surface area (Å²) in [4.78, 5) is 15.5. The number of unbranched alkanes of at least 4 members (excludes halogenated alkanes) is 1. The highest BCUT2D eigenvalue weighted by molar-refractivity contribution is 5.90. The van der Waals surface area contributed by atoms with Crippen LogP contribution in [-0.2, 0) is 4.74 Å². The van der Waals surface area contributed by atoms with Gasteiger partial charge in [-0.15, -0.1) is 5.10 Å². The number of aromatic amines is 1. The third kappa shape index (κ3) is 5.44. The van der Waals surface area contributed by atoms with Crippen LogP contribution in [-0.4, -0.2) is 40.3 Å². The lowest BCUT2D eigenvalue weighted by atomic mass is 10.3. The number of aryl methyl sites for hydroxylation is 1. The molecular formula is C11H20N4O2. The molecule has 1 aromatic heterocycles. The Bertz CT molecular complexity index is 349. The largest absolute Gasteiger partial charge is 0.379 e. The molecule has 1 aromatic rings. The van der Waals surface area contributed by atoms with Gasteiger partial charge in [0.05, 0.1) is 6.10 Å². The van der Waals surface area contributed by atoms with Crippen LogP contribution in [0.5, 0.6) is 0 Å². The summed E-state index contributed by atoms with van der Waals surface area (Å²) in [6.07, 6.45) is 2.09. The van der Waals surface area contributed by atoms with E-state index in [1.54, 1.807) is 6.92 Å². The van der Waals surface area contributed by atoms with Crippen molar-refractivity contribution in [2.24, 2.45) is 0 Å². The van der Waals surface area contributed by atoms with Crippen molar-refractivity contribution in [3.8, 4) is 0 Å². The number of amides is 1. The summed E-state index contributed by atoms with van der Waals surface area (Å²) in [6, 6.07) is 0. The van der Waals surface area contributed by atoms with Crippen LogP contribution < -0.4 is 5.32 Å². The van der Waals surface area contributed by atoms with Crippen LogP contribution in [0.15, 0.2) is 0 Å². The van der Waals surface area contributed by atoms with Crippen molar-refractivity contribution in [2.45, 2.75) is 39.7 Å². The summed E-state index contributed by atoms with van der Waals surface area (Å²) < 4.78 is 5.39. The molecule has 0 fully saturated rings. The first-order chi connectivity index (χ1) is 8.09. The standard InChI is InChI=1S/C11H20N4O2/c1-8(2)17-7-5-4-6-12-11(16)10-13-9(3)14-15-10/h8H,4-7H2,1-3H3,(H,12,16)(H,13,14,15). The smallest absolute Gasteiger partial charge is 0.290 e. The quantitative estimate of drug-likeness (QED) is 0.698. The average Bonchev–Trinajstić information content (AvgIpc) is 2.69. The van der Waals surface area contributed by atoms with Crippen LogP contribution in [0.4, 0.5) is 0 Å². The van der Waals surface area contributed by atoms with Crippen molar-refractivity contribution in [3.63, 3.8) is 0 Å². The van der Waals surface area contributed by atoms with Crippen LogP contribution in [0, 0.1) is 6.92 Å². The van der Waals surface area contributed by atoms with Crippen LogP contribution in [0.1, 0.15) is 43.1 Å². The summed E-state index contributed by atoms with van der Waals surface area (Å²) in [5.41, 5.74) is 0. The van der Waals surface area contributed by atoms with Crippen molar-refractivity contribution in [2.75, 3.05) is 13.2 Å². The first kappa shape index (κ1) is 13.6. The lowest BCUT2D eigenvalue weighted by Gasteiger charge is -2.07. The molecule has 96 valence electrons. The molecular weight excluding hydrogens is 220 g/mol. The monoisotopic (exact) mass is 240 g/mol. The van der Waals surface area contributed by atoms with Gasteiger partial charge in [0, 0.05) is 13.2 Å². The number of carbonyl (C=O) groups excluding carboxylic acids is 1. The Labute approximate surface area is 101 Å². The lowest BCUT2D eigenvalue weighted by molar-refractivity contribution is 0.0754. The van der Waals surface area contributed by atoms with E-state index in [1.165, 1.54) is 0 Å². The van der Waals surface area contributed by atoms with E-state index in [0.717, 1.165) is 19.4 Å². The third-order valence-electron chi connectivity index (χ3n) is 2.11. The van der Waals surface area contributed by atoms with E-state index in [0.29, 0.717) is 12.4 Å². The molecule has 6 heteroatoms. The van der Waals surface area contributed by atoms with Crippen molar-refractivity contribution in [1.82, 2.24) is 20.5 Å². The lowest BCUT2D eigenvalue weighted by Crippen LogP contribution is -2.25. The second-order valence-corrected chi connectivity index (χ2v) is 4.13. The Kier molecular flexibility index (Phi) is 5.62. The molecule has 0 aliphatic heterocycles. The molecule has 0 spiro atoms. The minimum atomic E-state index is -0.237. The molecule has 0 saturated heterocycles. The molecule has 17 heavy (non-hydrogen) atoms. The number of nitrogens with one attached hydrogen (secondary N) is 2. The molecule has 1 rings (SSSR count). The maximum atomic E-state index is 11.5. The predicted molar refractivity (Wildman–Crippen MR) is 63.8 cm³/mol. The molecule has 1 heterocycles. The zero-order valence-corrected chi connectivity index (χ0v) is 10.6. The number of rotatable bonds is 7. The summed E-state index contributed by atoms with van der Waals surface area (Å²) in [5, 5.41) is 9.17. The highest BCUT2D eigenvalue weighted by Crippen LogP contribution is 1.94. The number of hydrogen-bond acceptors (Lipinski definition) is 4. The fourth-order valence-electron chi connectivity index (χ4n) is 1.27. The van der Waals surface area contributed by atoms with E-state index in [1.807, 2.05) is 13.8 Å². The fourth-order valence-corrected chi connectivity index (χ4v) is 1.27. The van der Waals surface area contributed by atoms with Gasteiger partial charge in [0.2, 0.25) is 5.82 Å². The molecule has 0 atom stereocenters. The number of nitrogens with zero attached hydrogens (tertiary/aromatic N) is 2. The van der Waals surface area contributed by atoms with E-state index in [-0.39, 0.29) is 17.8 Å². The van der Waals surface area contributed by atoms with E-state index in [4.69, 9.17) is 4.74 Å². The van der Waals surface area contributed by atoms with Gasteiger partial charge in [-0.2, -0.15) is 0 Å². The van der Waals surface area contributed by atoms with Gasteiger partial charge in [-0.1, -0.05) is 0 Å². The van der Waals surface area contributed by atoms with Gasteiger partial charge in [0.15, 0.2) is 0 Å². The summed E-state index contributed by atoms with van der Waals surface area (Å²) >= 11 is 0. The molecule has 1 amide bonds. The molecule has 0 unspecified atom stereocenters. The second kappa shape index (κ2) is 7.01. The van der Waals surface area contributed by atoms with Crippen LogP contribution >= 0.6 is 0 Å². The van der Waals surface area contributed by atoms with Gasteiger partial charge >= 0.3 is 0 Å². The van der Waals surface area contributed by atoms with Gasteiger partial charge in [-0.05, 0) is 33.6 Å². The maximum Gasteiger partial charge on any atom is 0.290 e. The fraction of sp³-hybridized carbons (Fsp3) is 0.727. The molecule has 0 saturated carbocycles. The first-order valence-electron chi connectivity index (χ1n) is 5.88. The minimum Gasteiger partial charge on any atom is -0.379 e. The molecule has 0 radical (unpaired) electrons. The van der Waals surface area contributed by atoms with Gasteiger partial charge in [-0.3, -0.25) is 9.89 Å². The minimum absolute atomic E-state index is 0.195. The van der Waals surface area contributed by atoms with Gasteiger partial charge in [0.1, 0.15) is 5.82 Å². The number of ether oxygens (including phenoxy) is 1. The summed E-state index contributed by atoms with van der Waals surface area (Å²) in [7, 11) is 0. The molecule has 0 bridgehead atoms. The first-order valence-corrected chi connectivity index (χ1v) is 5.88. The van der Waals surface area contributed by atoms with Gasteiger partial charge in [0.25, 0.3) is 5.91 Å². The number of hydrogen-bond donors (Lipinski definition) is 2. The average molecular weight is 240 g/mol. The number of aromatic nitrogens is 3. The van der Waals surface area contributed by atoms with E-state index >= 15 is 0 Å². The molecule has 0 aliphatic rings. The van der Waals surface area contributed by atoms with Crippen molar-refractivity contribution in [1.29, 1.82) is 0 Å². The normalized spacial score (nSPS) is 10.8. The Hall–Kier alpha value is -1.43. The van der Waals surface area contributed by atoms with Crippen LogP contribution in [0.25, 0.3) is 0 Å². The Morgan fingerprint density at radius 3 is 2.82 bits per heavy atom. The topological polar surface area (TPSA) is 79.9 Å². The third-order valence-corrected chi connectivity index (χ3v) is 2.11. The Balaban J connectivity index is 2.09. The summed E-state index contributed by atoms with van der Waals surface area (Å²) in [5.74, 6) is 0.598. The zero-order valence-electron chi connectivity index (χ0n) is 10.6. The predicted octanol–water partition coefficient (Wildman–Crippen LogP) is 1.05. The molecule has 0 aliphatic carbocycles. The highest BCUT2D eigenvalue weighted by Gasteiger charge is 2.09.